The Labute approximate surface area is 185 Å². The van der Waals surface area contributed by atoms with E-state index < -0.39 is 0 Å². The highest BCUT2D eigenvalue weighted by molar-refractivity contribution is 5.75. The lowest BCUT2D eigenvalue weighted by atomic mass is 10.1. The highest BCUT2D eigenvalue weighted by Gasteiger charge is 2.30. The van der Waals surface area contributed by atoms with Gasteiger partial charge in [-0.25, -0.2) is 4.79 Å². The second-order valence-electron chi connectivity index (χ2n) is 8.63. The van der Waals surface area contributed by atoms with E-state index in [4.69, 9.17) is 5.10 Å². The lowest BCUT2D eigenvalue weighted by Crippen LogP contribution is -2.42. The Morgan fingerprint density at radius 3 is 2.39 bits per heavy atom. The van der Waals surface area contributed by atoms with Gasteiger partial charge in [0.25, 0.3) is 0 Å². The maximum Gasteiger partial charge on any atom is 0.318 e. The molecule has 5 heteroatoms. The summed E-state index contributed by atoms with van der Waals surface area (Å²) in [6.07, 6.45) is 2.44. The first-order valence-electron chi connectivity index (χ1n) is 11.2. The molecule has 1 fully saturated rings. The van der Waals surface area contributed by atoms with Crippen molar-refractivity contribution < 1.29 is 4.79 Å². The molecule has 0 saturated heterocycles. The number of nitrogens with one attached hydrogen (secondary N) is 1. The topological polar surface area (TPSA) is 50.2 Å². The number of carbonyl (C=O) groups is 1. The summed E-state index contributed by atoms with van der Waals surface area (Å²) < 4.78 is 2.03. The molecule has 1 atom stereocenters. The van der Waals surface area contributed by atoms with Crippen molar-refractivity contribution in [1.29, 1.82) is 0 Å². The Kier molecular flexibility index (Phi) is 6.40. The van der Waals surface area contributed by atoms with Crippen LogP contribution < -0.4 is 5.32 Å². The van der Waals surface area contributed by atoms with Gasteiger partial charge in [-0.1, -0.05) is 60.7 Å². The Morgan fingerprint density at radius 1 is 1.10 bits per heavy atom. The van der Waals surface area contributed by atoms with E-state index in [1.165, 1.54) is 24.0 Å². The number of aryl methyl sites for hydroxylation is 1. The largest absolute Gasteiger partial charge is 0.334 e. The molecule has 31 heavy (non-hydrogen) atoms. The summed E-state index contributed by atoms with van der Waals surface area (Å²) in [5.74, 6) is 0.633. The van der Waals surface area contributed by atoms with Crippen LogP contribution in [0.15, 0.2) is 60.7 Å². The van der Waals surface area contributed by atoms with Crippen LogP contribution in [0.3, 0.4) is 0 Å². The van der Waals surface area contributed by atoms with Gasteiger partial charge in [0, 0.05) is 24.3 Å². The maximum absolute atomic E-state index is 13.2. The summed E-state index contributed by atoms with van der Waals surface area (Å²) in [6.45, 7) is 8.26. The Morgan fingerprint density at radius 2 is 1.74 bits per heavy atom. The minimum atomic E-state index is -0.00198. The third-order valence-electron chi connectivity index (χ3n) is 6.29. The van der Waals surface area contributed by atoms with Crippen LogP contribution in [0.5, 0.6) is 0 Å². The first-order chi connectivity index (χ1) is 15.0. The van der Waals surface area contributed by atoms with Crippen LogP contribution in [-0.4, -0.2) is 27.3 Å². The van der Waals surface area contributed by atoms with Gasteiger partial charge in [0.1, 0.15) is 0 Å². The van der Waals surface area contributed by atoms with E-state index in [-0.39, 0.29) is 12.1 Å². The zero-order chi connectivity index (χ0) is 21.8. The van der Waals surface area contributed by atoms with Gasteiger partial charge in [-0.2, -0.15) is 5.10 Å². The third kappa shape index (κ3) is 5.16. The summed E-state index contributed by atoms with van der Waals surface area (Å²) >= 11 is 0. The van der Waals surface area contributed by atoms with Gasteiger partial charge in [-0.3, -0.25) is 4.68 Å². The number of amides is 2. The molecule has 3 aromatic rings. The number of aromatic nitrogens is 2. The van der Waals surface area contributed by atoms with Crippen LogP contribution in [0.1, 0.15) is 53.9 Å². The van der Waals surface area contributed by atoms with Crippen LogP contribution in [0.2, 0.25) is 0 Å². The molecule has 1 aromatic heterocycles. The van der Waals surface area contributed by atoms with Gasteiger partial charge < -0.3 is 10.2 Å². The fraction of sp³-hybridized carbons (Fsp3) is 0.385. The van der Waals surface area contributed by atoms with Gasteiger partial charge in [0.15, 0.2) is 0 Å². The highest BCUT2D eigenvalue weighted by atomic mass is 16.2. The van der Waals surface area contributed by atoms with Crippen molar-refractivity contribution >= 4 is 6.03 Å². The molecule has 1 aliphatic rings. The molecule has 1 heterocycles. The van der Waals surface area contributed by atoms with Crippen LogP contribution in [0.25, 0.3) is 0 Å². The van der Waals surface area contributed by atoms with Crippen LogP contribution in [0.4, 0.5) is 4.79 Å². The monoisotopic (exact) mass is 416 g/mol. The minimum absolute atomic E-state index is 0.00198. The summed E-state index contributed by atoms with van der Waals surface area (Å²) in [7, 11) is 0. The predicted molar refractivity (Wildman–Crippen MR) is 124 cm³/mol. The fourth-order valence-electron chi connectivity index (χ4n) is 4.07. The van der Waals surface area contributed by atoms with Crippen molar-refractivity contribution in [2.45, 2.75) is 52.7 Å². The number of hydrogen-bond donors (Lipinski definition) is 1. The molecule has 0 spiro atoms. The Hall–Kier alpha value is -3.08. The molecule has 1 aliphatic carbocycles. The molecule has 2 aromatic carbocycles. The first kappa shape index (κ1) is 21.2. The normalized spacial score (nSPS) is 14.3. The average Bonchev–Trinajstić information content (AvgIpc) is 3.57. The van der Waals surface area contributed by atoms with Gasteiger partial charge in [-0.05, 0) is 50.7 Å². The molecule has 5 nitrogen and oxygen atoms in total. The number of nitrogens with zero attached hydrogens (tertiary/aromatic N) is 3. The van der Waals surface area contributed by atoms with Gasteiger partial charge >= 0.3 is 6.03 Å². The fourth-order valence-corrected chi connectivity index (χ4v) is 4.07. The number of rotatable bonds is 8. The van der Waals surface area contributed by atoms with E-state index in [9.17, 15) is 4.79 Å². The molecule has 0 bridgehead atoms. The maximum atomic E-state index is 13.2. The Bertz CT molecular complexity index is 1010. The number of urea groups is 1. The van der Waals surface area contributed by atoms with Gasteiger partial charge in [0.2, 0.25) is 0 Å². The number of hydrogen-bond acceptors (Lipinski definition) is 2. The molecular weight excluding hydrogens is 384 g/mol. The molecule has 1 saturated carbocycles. The molecule has 4 rings (SSSR count). The number of benzene rings is 2. The standard InChI is InChI=1S/C26H32N4O/c1-19-25(21(3)30(28-19)18-22-10-6-4-7-11-22)16-27-26(31)29(17-23-14-15-23)20(2)24-12-8-5-9-13-24/h4-13,20,23H,14-18H2,1-3H3,(H,27,31). The lowest BCUT2D eigenvalue weighted by molar-refractivity contribution is 0.175. The molecular formula is C26H32N4O. The second kappa shape index (κ2) is 9.38. The first-order valence-corrected chi connectivity index (χ1v) is 11.2. The van der Waals surface area contributed by atoms with Gasteiger partial charge in [0.05, 0.1) is 18.3 Å². The van der Waals surface area contributed by atoms with Gasteiger partial charge in [-0.15, -0.1) is 0 Å². The van der Waals surface area contributed by atoms with Crippen molar-refractivity contribution in [2.75, 3.05) is 6.54 Å². The zero-order valence-electron chi connectivity index (χ0n) is 18.7. The van der Waals surface area contributed by atoms with E-state index >= 15 is 0 Å². The van der Waals surface area contributed by atoms with Crippen molar-refractivity contribution in [1.82, 2.24) is 20.0 Å². The molecule has 0 aliphatic heterocycles. The minimum Gasteiger partial charge on any atom is -0.334 e. The number of carbonyl (C=O) groups excluding carboxylic acids is 1. The predicted octanol–water partition coefficient (Wildman–Crippen LogP) is 5.23. The van der Waals surface area contributed by atoms with E-state index in [1.807, 2.05) is 52.9 Å². The SMILES string of the molecule is Cc1nn(Cc2ccccc2)c(C)c1CNC(=O)N(CC1CC1)C(C)c1ccccc1. The van der Waals surface area contributed by atoms with Crippen molar-refractivity contribution in [3.8, 4) is 0 Å². The van der Waals surface area contributed by atoms with Crippen molar-refractivity contribution in [3.63, 3.8) is 0 Å². The zero-order valence-corrected chi connectivity index (χ0v) is 18.7. The van der Waals surface area contributed by atoms with E-state index in [0.29, 0.717) is 12.5 Å². The van der Waals surface area contributed by atoms with E-state index in [1.54, 1.807) is 0 Å². The Balaban J connectivity index is 1.45. The van der Waals surface area contributed by atoms with Crippen LogP contribution in [0, 0.1) is 19.8 Å². The lowest BCUT2D eigenvalue weighted by Gasteiger charge is -2.30. The molecule has 2 amide bonds. The van der Waals surface area contributed by atoms with Crippen LogP contribution in [-0.2, 0) is 13.1 Å². The molecule has 162 valence electrons. The van der Waals surface area contributed by atoms with Crippen molar-refractivity contribution in [2.24, 2.45) is 5.92 Å². The molecule has 1 N–H and O–H groups in total. The van der Waals surface area contributed by atoms with Crippen molar-refractivity contribution in [3.05, 3.63) is 88.7 Å². The second-order valence-corrected chi connectivity index (χ2v) is 8.63. The third-order valence-corrected chi connectivity index (χ3v) is 6.29. The highest BCUT2D eigenvalue weighted by Crippen LogP contribution is 2.33. The van der Waals surface area contributed by atoms with E-state index in [0.717, 1.165) is 30.0 Å². The average molecular weight is 417 g/mol. The smallest absolute Gasteiger partial charge is 0.318 e. The summed E-state index contributed by atoms with van der Waals surface area (Å²) in [5, 5.41) is 7.90. The quantitative estimate of drug-likeness (QED) is 0.546. The van der Waals surface area contributed by atoms with Crippen LogP contribution >= 0.6 is 0 Å². The summed E-state index contributed by atoms with van der Waals surface area (Å²) in [5.41, 5.74) is 5.56. The molecule has 0 radical (unpaired) electrons. The summed E-state index contributed by atoms with van der Waals surface area (Å²) in [4.78, 5) is 15.2. The van der Waals surface area contributed by atoms with E-state index in [2.05, 4.69) is 43.4 Å². The summed E-state index contributed by atoms with van der Waals surface area (Å²) in [6, 6.07) is 20.7. The molecule has 1 unspecified atom stereocenters.